The number of halogens is 4. The van der Waals surface area contributed by atoms with Gasteiger partial charge in [-0.3, -0.25) is 19.3 Å². The van der Waals surface area contributed by atoms with E-state index < -0.39 is 30.3 Å². The van der Waals surface area contributed by atoms with E-state index in [0.717, 1.165) is 0 Å². The van der Waals surface area contributed by atoms with E-state index in [0.29, 0.717) is 35.3 Å². The number of carbonyl (C=O) groups is 3. The third-order valence-corrected chi connectivity index (χ3v) is 8.06. The van der Waals surface area contributed by atoms with E-state index in [1.165, 1.54) is 43.4 Å². The second kappa shape index (κ2) is 18.1. The van der Waals surface area contributed by atoms with Crippen molar-refractivity contribution >= 4 is 23.4 Å². The number of benzene rings is 4. The molecule has 0 saturated heterocycles. The lowest BCUT2D eigenvalue weighted by Gasteiger charge is -2.27. The fraction of sp³-hybridized carbons (Fsp3) is 0.263. The molecule has 0 spiro atoms. The minimum atomic E-state index is -2.97. The van der Waals surface area contributed by atoms with Crippen LogP contribution in [0.25, 0.3) is 0 Å². The minimum Gasteiger partial charge on any atom is -0.435 e. The van der Waals surface area contributed by atoms with E-state index >= 15 is 0 Å². The summed E-state index contributed by atoms with van der Waals surface area (Å²) in [4.78, 5) is 43.5. The Kier molecular flexibility index (Phi) is 13.6. The Balaban J connectivity index is 0.000000236. The molecule has 0 radical (unpaired) electrons. The number of Topliss-reactive ketones (excluding diaryl/α,β-unsaturated/α-hetero) is 2. The van der Waals surface area contributed by atoms with Gasteiger partial charge in [0.25, 0.3) is 5.91 Å². The summed E-state index contributed by atoms with van der Waals surface area (Å²) in [5.74, 6) is -1.60. The Bertz CT molecular complexity index is 1880. The van der Waals surface area contributed by atoms with Gasteiger partial charge in [-0.1, -0.05) is 66.7 Å². The summed E-state index contributed by atoms with van der Waals surface area (Å²) in [6, 6.07) is 25.7. The molecule has 0 fully saturated rings. The number of hydrogen-bond acceptors (Lipinski definition) is 9. The average molecular weight is 724 g/mol. The van der Waals surface area contributed by atoms with E-state index in [1.54, 1.807) is 73.8 Å². The van der Waals surface area contributed by atoms with Crippen molar-refractivity contribution in [1.82, 2.24) is 4.90 Å². The van der Waals surface area contributed by atoms with Crippen LogP contribution in [0.2, 0.25) is 0 Å². The number of aliphatic imine (C=N–C) groups is 1. The molecule has 2 N–H and O–H groups in total. The molecule has 1 amide bonds. The Hall–Kier alpha value is -5.60. The van der Waals surface area contributed by atoms with Crippen LogP contribution >= 0.6 is 0 Å². The lowest BCUT2D eigenvalue weighted by atomic mass is 9.82. The van der Waals surface area contributed by atoms with E-state index in [-0.39, 0.29) is 47.5 Å². The Labute approximate surface area is 297 Å². The Morgan fingerprint density at radius 3 is 1.71 bits per heavy atom. The van der Waals surface area contributed by atoms with Crippen LogP contribution in [0.4, 0.5) is 17.6 Å². The fourth-order valence-electron chi connectivity index (χ4n) is 5.48. The maximum Gasteiger partial charge on any atom is 0.387 e. The number of likely N-dealkylation sites (N-methyl/N-ethyl adjacent to an activating group) is 1. The molecule has 0 aromatic heterocycles. The molecule has 5 rings (SSSR count). The lowest BCUT2D eigenvalue weighted by Crippen LogP contribution is -2.41. The van der Waals surface area contributed by atoms with Gasteiger partial charge in [0.2, 0.25) is 11.6 Å². The van der Waals surface area contributed by atoms with Gasteiger partial charge in [-0.2, -0.15) is 17.6 Å². The molecule has 274 valence electrons. The molecule has 0 saturated carbocycles. The van der Waals surface area contributed by atoms with Crippen LogP contribution in [0.3, 0.4) is 0 Å². The van der Waals surface area contributed by atoms with Crippen molar-refractivity contribution in [2.24, 2.45) is 10.7 Å². The van der Waals surface area contributed by atoms with Crippen LogP contribution in [-0.4, -0.2) is 76.0 Å². The zero-order valence-corrected chi connectivity index (χ0v) is 28.6. The first-order chi connectivity index (χ1) is 24.9. The van der Waals surface area contributed by atoms with Crippen LogP contribution in [-0.2, 0) is 32.6 Å². The molecule has 4 aromatic carbocycles. The summed E-state index contributed by atoms with van der Waals surface area (Å²) >= 11 is 0. The van der Waals surface area contributed by atoms with Gasteiger partial charge in [-0.05, 0) is 65.4 Å². The second-order valence-electron chi connectivity index (χ2n) is 11.3. The molecule has 1 heterocycles. The summed E-state index contributed by atoms with van der Waals surface area (Å²) in [7, 11) is 4.54. The van der Waals surface area contributed by atoms with E-state index in [4.69, 9.17) is 15.2 Å². The normalized spacial score (nSPS) is 15.3. The van der Waals surface area contributed by atoms with E-state index in [1.807, 2.05) is 6.07 Å². The molecule has 1 atom stereocenters. The highest BCUT2D eigenvalue weighted by atomic mass is 19.3. The van der Waals surface area contributed by atoms with Gasteiger partial charge in [0, 0.05) is 32.4 Å². The summed E-state index contributed by atoms with van der Waals surface area (Å²) in [6.07, 6.45) is 0.611. The number of hydrogen-bond donors (Lipinski definition) is 1. The summed E-state index contributed by atoms with van der Waals surface area (Å²) in [5, 5.41) is 0. The monoisotopic (exact) mass is 723 g/mol. The number of guanidine groups is 1. The second-order valence-corrected chi connectivity index (χ2v) is 11.3. The van der Waals surface area contributed by atoms with Crippen molar-refractivity contribution in [3.05, 3.63) is 130 Å². The molecule has 0 aliphatic carbocycles. The van der Waals surface area contributed by atoms with Gasteiger partial charge in [-0.25, -0.2) is 4.99 Å². The van der Waals surface area contributed by atoms with Crippen molar-refractivity contribution in [2.75, 3.05) is 34.5 Å². The molecule has 1 aliphatic heterocycles. The van der Waals surface area contributed by atoms with Gasteiger partial charge in [0.05, 0.1) is 13.2 Å². The first kappa shape index (κ1) is 39.2. The maximum atomic E-state index is 13.2. The number of ether oxygens (including phenoxy) is 4. The fourth-order valence-corrected chi connectivity index (χ4v) is 5.48. The number of ketones is 2. The molecule has 4 aromatic rings. The highest BCUT2D eigenvalue weighted by molar-refractivity contribution is 6.49. The van der Waals surface area contributed by atoms with Gasteiger partial charge < -0.3 is 24.7 Å². The summed E-state index contributed by atoms with van der Waals surface area (Å²) in [5.41, 5.74) is 6.97. The zero-order chi connectivity index (χ0) is 37.8. The van der Waals surface area contributed by atoms with Gasteiger partial charge in [-0.15, -0.1) is 0 Å². The highest BCUT2D eigenvalue weighted by Crippen LogP contribution is 2.41. The molecule has 52 heavy (non-hydrogen) atoms. The number of amides is 1. The van der Waals surface area contributed by atoms with Crippen LogP contribution in [0.15, 0.2) is 102 Å². The molecule has 1 unspecified atom stereocenters. The van der Waals surface area contributed by atoms with E-state index in [2.05, 4.69) is 14.5 Å². The van der Waals surface area contributed by atoms with Crippen molar-refractivity contribution in [1.29, 1.82) is 0 Å². The lowest BCUT2D eigenvalue weighted by molar-refractivity contribution is -0.129. The molecule has 0 bridgehead atoms. The smallest absolute Gasteiger partial charge is 0.387 e. The van der Waals surface area contributed by atoms with Gasteiger partial charge in [0.15, 0.2) is 11.5 Å². The number of rotatable bonds is 15. The third kappa shape index (κ3) is 9.19. The first-order valence-corrected chi connectivity index (χ1v) is 15.9. The van der Waals surface area contributed by atoms with Crippen LogP contribution in [0.1, 0.15) is 43.0 Å². The molecular formula is C38H37F4N3O7. The van der Waals surface area contributed by atoms with E-state index in [9.17, 15) is 31.9 Å². The summed E-state index contributed by atoms with van der Waals surface area (Å²) < 4.78 is 69.5. The molecular weight excluding hydrogens is 686 g/mol. The molecule has 10 nitrogen and oxygen atoms in total. The van der Waals surface area contributed by atoms with Crippen molar-refractivity contribution < 1.29 is 50.9 Å². The van der Waals surface area contributed by atoms with Crippen LogP contribution in [0.5, 0.6) is 11.5 Å². The number of methoxy groups -OCH3 is 2. The van der Waals surface area contributed by atoms with Crippen molar-refractivity contribution in [3.8, 4) is 11.5 Å². The predicted molar refractivity (Wildman–Crippen MR) is 184 cm³/mol. The Morgan fingerprint density at radius 2 is 1.21 bits per heavy atom. The molecule has 14 heteroatoms. The number of alkyl halides is 4. The van der Waals surface area contributed by atoms with Gasteiger partial charge >= 0.3 is 13.2 Å². The van der Waals surface area contributed by atoms with Crippen LogP contribution < -0.4 is 15.2 Å². The Morgan fingerprint density at radius 1 is 0.712 bits per heavy atom. The maximum absolute atomic E-state index is 13.2. The largest absolute Gasteiger partial charge is 0.435 e. The average Bonchev–Trinajstić information content (AvgIpc) is 3.38. The quantitative estimate of drug-likeness (QED) is 0.0892. The highest BCUT2D eigenvalue weighted by Gasteiger charge is 2.49. The minimum absolute atomic E-state index is 0.0363. The zero-order valence-electron chi connectivity index (χ0n) is 28.6. The number of nitrogens with two attached hydrogens (primary N) is 1. The SMILES string of the molecule is COCCc1cc(C(=O)C(=O)c2ccccc2)ccc1OC(F)F.COCCc1cc(C2(c3ccccc3)N=C(N)N(C)C2=O)ccc1OC(F)F. The predicted octanol–water partition coefficient (Wildman–Crippen LogP) is 6.05. The standard InChI is InChI=1S/C20H21F2N3O3.C18H16F2O4/c1-25-17(26)20(24-19(25)23,14-6-4-3-5-7-14)15-8-9-16(28-18(21)22)13(12-15)10-11-27-2;1-23-10-9-13-11-14(7-8-15(13)24-18(19)20)17(22)16(21)12-5-3-2-4-6-12/h3-9,12,18H,10-11H2,1-2H3,(H2,23,24);2-8,11,18H,9-10H2,1H3. The van der Waals surface area contributed by atoms with Gasteiger partial charge in [0.1, 0.15) is 11.5 Å². The first-order valence-electron chi connectivity index (χ1n) is 15.9. The third-order valence-electron chi connectivity index (χ3n) is 8.06. The summed E-state index contributed by atoms with van der Waals surface area (Å²) in [6.45, 7) is -5.35. The number of nitrogens with zero attached hydrogens (tertiary/aromatic N) is 2. The number of carbonyl (C=O) groups excluding carboxylic acids is 3. The van der Waals surface area contributed by atoms with Crippen molar-refractivity contribution in [2.45, 2.75) is 31.6 Å². The molecule has 1 aliphatic rings. The van der Waals surface area contributed by atoms with Crippen LogP contribution in [0, 0.1) is 0 Å². The van der Waals surface area contributed by atoms with Crippen molar-refractivity contribution in [3.63, 3.8) is 0 Å². The topological polar surface area (TPSA) is 130 Å².